The Labute approximate surface area is 107 Å². The van der Waals surface area contributed by atoms with Crippen molar-refractivity contribution >= 4 is 11.3 Å². The molecule has 0 saturated carbocycles. The van der Waals surface area contributed by atoms with E-state index in [1.54, 1.807) is 0 Å². The van der Waals surface area contributed by atoms with Gasteiger partial charge in [-0.05, 0) is 32.4 Å². The average molecular weight is 249 g/mol. The van der Waals surface area contributed by atoms with Gasteiger partial charge in [0.25, 0.3) is 0 Å². The minimum Gasteiger partial charge on any atom is -0.336 e. The SMILES string of the molecule is Cc1cc(CNC(C)Cn2ccnc2)c(C)s1. The number of nitrogens with one attached hydrogen (secondary N) is 1. The standard InChI is InChI=1S/C13H19N3S/c1-10(8-16-5-4-14-9-16)15-7-13-6-11(2)17-12(13)3/h4-6,9-10,15H,7-8H2,1-3H3. The summed E-state index contributed by atoms with van der Waals surface area (Å²) in [5, 5.41) is 3.55. The Bertz CT molecular complexity index is 459. The first-order valence-corrected chi connectivity index (χ1v) is 6.72. The molecule has 0 aliphatic carbocycles. The molecule has 0 bridgehead atoms. The normalized spacial score (nSPS) is 12.9. The maximum Gasteiger partial charge on any atom is 0.0946 e. The first kappa shape index (κ1) is 12.3. The third-order valence-electron chi connectivity index (χ3n) is 2.83. The molecule has 0 aliphatic rings. The van der Waals surface area contributed by atoms with Crippen LogP contribution in [0.4, 0.5) is 0 Å². The third kappa shape index (κ3) is 3.41. The van der Waals surface area contributed by atoms with Crippen molar-refractivity contribution in [3.8, 4) is 0 Å². The lowest BCUT2D eigenvalue weighted by molar-refractivity contribution is 0.476. The van der Waals surface area contributed by atoms with Crippen LogP contribution >= 0.6 is 11.3 Å². The fraction of sp³-hybridized carbons (Fsp3) is 0.462. The minimum atomic E-state index is 0.448. The van der Waals surface area contributed by atoms with Crippen molar-refractivity contribution in [3.05, 3.63) is 40.1 Å². The van der Waals surface area contributed by atoms with Gasteiger partial charge in [-0.2, -0.15) is 0 Å². The monoisotopic (exact) mass is 249 g/mol. The molecule has 0 spiro atoms. The summed E-state index contributed by atoms with van der Waals surface area (Å²) in [5.41, 5.74) is 1.42. The Balaban J connectivity index is 1.84. The van der Waals surface area contributed by atoms with Gasteiger partial charge in [0.15, 0.2) is 0 Å². The highest BCUT2D eigenvalue weighted by molar-refractivity contribution is 7.12. The molecule has 17 heavy (non-hydrogen) atoms. The summed E-state index contributed by atoms with van der Waals surface area (Å²) in [7, 11) is 0. The highest BCUT2D eigenvalue weighted by atomic mass is 32.1. The summed E-state index contributed by atoms with van der Waals surface area (Å²) in [6.45, 7) is 8.47. The van der Waals surface area contributed by atoms with E-state index < -0.39 is 0 Å². The average Bonchev–Trinajstić information content (AvgIpc) is 2.86. The smallest absolute Gasteiger partial charge is 0.0946 e. The number of hydrogen-bond acceptors (Lipinski definition) is 3. The summed E-state index contributed by atoms with van der Waals surface area (Å²) in [6.07, 6.45) is 5.68. The second-order valence-corrected chi connectivity index (χ2v) is 5.94. The van der Waals surface area contributed by atoms with E-state index in [9.17, 15) is 0 Å². The van der Waals surface area contributed by atoms with Gasteiger partial charge in [0.05, 0.1) is 6.33 Å². The van der Waals surface area contributed by atoms with Crippen molar-refractivity contribution in [2.24, 2.45) is 0 Å². The summed E-state index contributed by atoms with van der Waals surface area (Å²) >= 11 is 1.87. The second kappa shape index (κ2) is 5.47. The first-order chi connectivity index (χ1) is 8.15. The van der Waals surface area contributed by atoms with Gasteiger partial charge >= 0.3 is 0 Å². The van der Waals surface area contributed by atoms with Crippen LogP contribution in [0.15, 0.2) is 24.8 Å². The van der Waals surface area contributed by atoms with Crippen LogP contribution in [-0.2, 0) is 13.1 Å². The lowest BCUT2D eigenvalue weighted by Gasteiger charge is -2.14. The van der Waals surface area contributed by atoms with E-state index in [2.05, 4.69) is 41.7 Å². The van der Waals surface area contributed by atoms with Gasteiger partial charge in [-0.1, -0.05) is 0 Å². The predicted molar refractivity (Wildman–Crippen MR) is 72.3 cm³/mol. The molecule has 1 unspecified atom stereocenters. The minimum absolute atomic E-state index is 0.448. The van der Waals surface area contributed by atoms with Gasteiger partial charge in [0.1, 0.15) is 0 Å². The largest absolute Gasteiger partial charge is 0.336 e. The Kier molecular flexibility index (Phi) is 3.97. The summed E-state index contributed by atoms with van der Waals surface area (Å²) in [6, 6.07) is 2.72. The van der Waals surface area contributed by atoms with E-state index in [1.807, 2.05) is 30.1 Å². The van der Waals surface area contributed by atoms with E-state index in [1.165, 1.54) is 15.3 Å². The van der Waals surface area contributed by atoms with Gasteiger partial charge in [0.2, 0.25) is 0 Å². The quantitative estimate of drug-likeness (QED) is 0.883. The number of thiophene rings is 1. The third-order valence-corrected chi connectivity index (χ3v) is 3.84. The predicted octanol–water partition coefficient (Wildman–Crippen LogP) is 2.74. The molecule has 0 radical (unpaired) electrons. The Morgan fingerprint density at radius 2 is 2.29 bits per heavy atom. The molecule has 3 nitrogen and oxygen atoms in total. The van der Waals surface area contributed by atoms with Gasteiger partial charge in [0, 0.05) is 41.3 Å². The van der Waals surface area contributed by atoms with Crippen molar-refractivity contribution in [2.45, 2.75) is 39.9 Å². The Hall–Kier alpha value is -1.13. The van der Waals surface area contributed by atoms with Crippen LogP contribution in [0.2, 0.25) is 0 Å². The molecule has 2 rings (SSSR count). The lowest BCUT2D eigenvalue weighted by atomic mass is 10.2. The van der Waals surface area contributed by atoms with Crippen molar-refractivity contribution in [1.82, 2.24) is 14.9 Å². The molecule has 0 amide bonds. The fourth-order valence-corrected chi connectivity index (χ4v) is 2.87. The molecule has 0 fully saturated rings. The maximum atomic E-state index is 4.05. The van der Waals surface area contributed by atoms with Crippen molar-refractivity contribution in [1.29, 1.82) is 0 Å². The van der Waals surface area contributed by atoms with Crippen molar-refractivity contribution in [2.75, 3.05) is 0 Å². The molecule has 2 aromatic heterocycles. The number of rotatable bonds is 5. The van der Waals surface area contributed by atoms with Gasteiger partial charge in [-0.25, -0.2) is 4.98 Å². The molecular formula is C13H19N3S. The van der Waals surface area contributed by atoms with Crippen molar-refractivity contribution in [3.63, 3.8) is 0 Å². The van der Waals surface area contributed by atoms with Crippen LogP contribution in [0.25, 0.3) is 0 Å². The zero-order valence-electron chi connectivity index (χ0n) is 10.6. The van der Waals surface area contributed by atoms with Gasteiger partial charge < -0.3 is 9.88 Å². The van der Waals surface area contributed by atoms with Crippen LogP contribution in [0.1, 0.15) is 22.2 Å². The second-order valence-electron chi connectivity index (χ2n) is 4.48. The van der Waals surface area contributed by atoms with Crippen LogP contribution in [0.5, 0.6) is 0 Å². The highest BCUT2D eigenvalue weighted by Crippen LogP contribution is 2.20. The Morgan fingerprint density at radius 1 is 1.47 bits per heavy atom. The maximum absolute atomic E-state index is 4.05. The van der Waals surface area contributed by atoms with Crippen LogP contribution in [0, 0.1) is 13.8 Å². The van der Waals surface area contributed by atoms with Crippen LogP contribution < -0.4 is 5.32 Å². The van der Waals surface area contributed by atoms with Gasteiger partial charge in [-0.3, -0.25) is 0 Å². The number of nitrogens with zero attached hydrogens (tertiary/aromatic N) is 2. The van der Waals surface area contributed by atoms with Gasteiger partial charge in [-0.15, -0.1) is 11.3 Å². The molecular weight excluding hydrogens is 230 g/mol. The molecule has 0 saturated heterocycles. The number of hydrogen-bond donors (Lipinski definition) is 1. The zero-order chi connectivity index (χ0) is 12.3. The highest BCUT2D eigenvalue weighted by Gasteiger charge is 2.06. The molecule has 1 N–H and O–H groups in total. The number of imidazole rings is 1. The lowest BCUT2D eigenvalue weighted by Crippen LogP contribution is -2.29. The summed E-state index contributed by atoms with van der Waals surface area (Å²) in [5.74, 6) is 0. The molecule has 0 aliphatic heterocycles. The molecule has 1 atom stereocenters. The molecule has 4 heteroatoms. The zero-order valence-corrected chi connectivity index (χ0v) is 11.4. The van der Waals surface area contributed by atoms with E-state index in [-0.39, 0.29) is 0 Å². The number of aryl methyl sites for hydroxylation is 2. The number of aromatic nitrogens is 2. The summed E-state index contributed by atoms with van der Waals surface area (Å²) in [4.78, 5) is 6.86. The van der Waals surface area contributed by atoms with E-state index >= 15 is 0 Å². The summed E-state index contributed by atoms with van der Waals surface area (Å²) < 4.78 is 2.10. The molecule has 2 aromatic rings. The van der Waals surface area contributed by atoms with E-state index in [0.29, 0.717) is 6.04 Å². The topological polar surface area (TPSA) is 29.9 Å². The fourth-order valence-electron chi connectivity index (χ4n) is 1.92. The van der Waals surface area contributed by atoms with Crippen LogP contribution in [-0.4, -0.2) is 15.6 Å². The molecule has 0 aromatic carbocycles. The van der Waals surface area contributed by atoms with E-state index in [0.717, 1.165) is 13.1 Å². The molecule has 2 heterocycles. The molecule has 92 valence electrons. The van der Waals surface area contributed by atoms with E-state index in [4.69, 9.17) is 0 Å². The van der Waals surface area contributed by atoms with Crippen LogP contribution in [0.3, 0.4) is 0 Å². The van der Waals surface area contributed by atoms with Crippen molar-refractivity contribution < 1.29 is 0 Å². The Morgan fingerprint density at radius 3 is 2.88 bits per heavy atom. The first-order valence-electron chi connectivity index (χ1n) is 5.90.